The highest BCUT2D eigenvalue weighted by Crippen LogP contribution is 2.17. The van der Waals surface area contributed by atoms with Crippen molar-refractivity contribution in [2.75, 3.05) is 31.5 Å². The largest absolute Gasteiger partial charge is 0.370 e. The lowest BCUT2D eigenvalue weighted by molar-refractivity contribution is 0.321. The molecule has 5 nitrogen and oxygen atoms in total. The first-order chi connectivity index (χ1) is 7.85. The number of rotatable bonds is 6. The summed E-state index contributed by atoms with van der Waals surface area (Å²) in [5, 5.41) is 11.0. The van der Waals surface area contributed by atoms with Crippen LogP contribution in [0.4, 0.5) is 5.82 Å². The molecule has 1 unspecified atom stereocenters. The second-order valence-electron chi connectivity index (χ2n) is 4.36. The van der Waals surface area contributed by atoms with Crippen molar-refractivity contribution in [1.29, 1.82) is 0 Å². The highest BCUT2D eigenvalue weighted by atomic mass is 15.4. The molecule has 1 aliphatic heterocycles. The molecule has 1 atom stereocenters. The maximum atomic E-state index is 5.69. The fourth-order valence-electron chi connectivity index (χ4n) is 1.83. The molecule has 1 fully saturated rings. The Hall–Kier alpha value is -1.07. The van der Waals surface area contributed by atoms with E-state index in [4.69, 9.17) is 5.73 Å². The molecule has 90 valence electrons. The second-order valence-corrected chi connectivity index (χ2v) is 4.36. The van der Waals surface area contributed by atoms with Gasteiger partial charge in [0.25, 0.3) is 0 Å². The van der Waals surface area contributed by atoms with Crippen LogP contribution in [0.1, 0.15) is 19.4 Å². The Morgan fingerprint density at radius 1 is 1.69 bits per heavy atom. The number of nitrogens with zero attached hydrogens (tertiary/aromatic N) is 2. The Kier molecular flexibility index (Phi) is 3.79. The zero-order valence-electron chi connectivity index (χ0n) is 9.82. The summed E-state index contributed by atoms with van der Waals surface area (Å²) in [6.45, 7) is 5.88. The molecule has 0 radical (unpaired) electrons. The molecular weight excluding hydrogens is 202 g/mol. The van der Waals surface area contributed by atoms with Crippen LogP contribution in [-0.2, 0) is 0 Å². The summed E-state index contributed by atoms with van der Waals surface area (Å²) in [7, 11) is 0. The third-order valence-electron chi connectivity index (χ3n) is 3.26. The van der Waals surface area contributed by atoms with Gasteiger partial charge in [0.15, 0.2) is 0 Å². The van der Waals surface area contributed by atoms with Gasteiger partial charge in [0.2, 0.25) is 0 Å². The van der Waals surface area contributed by atoms with E-state index < -0.39 is 0 Å². The van der Waals surface area contributed by atoms with E-state index in [1.807, 2.05) is 12.3 Å². The lowest BCUT2D eigenvalue weighted by Gasteiger charge is -2.29. The summed E-state index contributed by atoms with van der Waals surface area (Å²) >= 11 is 0. The predicted molar refractivity (Wildman–Crippen MR) is 65.5 cm³/mol. The SMILES string of the molecule is CCC(CN)CNc1ccnn1C1CNC1. The van der Waals surface area contributed by atoms with Crippen molar-refractivity contribution in [2.24, 2.45) is 11.7 Å². The second kappa shape index (κ2) is 5.32. The van der Waals surface area contributed by atoms with Crippen molar-refractivity contribution < 1.29 is 0 Å². The Morgan fingerprint density at radius 2 is 2.50 bits per heavy atom. The lowest BCUT2D eigenvalue weighted by atomic mass is 10.1. The fraction of sp³-hybridized carbons (Fsp3) is 0.727. The fourth-order valence-corrected chi connectivity index (χ4v) is 1.83. The lowest BCUT2D eigenvalue weighted by Crippen LogP contribution is -2.44. The summed E-state index contributed by atoms with van der Waals surface area (Å²) in [5.41, 5.74) is 5.69. The smallest absolute Gasteiger partial charge is 0.124 e. The number of hydrogen-bond acceptors (Lipinski definition) is 4. The first kappa shape index (κ1) is 11.4. The Bertz CT molecular complexity index is 314. The summed E-state index contributed by atoms with van der Waals surface area (Å²) in [5.74, 6) is 1.65. The van der Waals surface area contributed by atoms with Gasteiger partial charge < -0.3 is 16.4 Å². The van der Waals surface area contributed by atoms with Gasteiger partial charge >= 0.3 is 0 Å². The van der Waals surface area contributed by atoms with Gasteiger partial charge in [0, 0.05) is 25.7 Å². The highest BCUT2D eigenvalue weighted by Gasteiger charge is 2.21. The van der Waals surface area contributed by atoms with E-state index in [2.05, 4.69) is 27.3 Å². The van der Waals surface area contributed by atoms with Crippen molar-refractivity contribution >= 4 is 5.82 Å². The van der Waals surface area contributed by atoms with E-state index in [1.54, 1.807) is 0 Å². The molecule has 0 aromatic carbocycles. The Balaban J connectivity index is 1.90. The van der Waals surface area contributed by atoms with Gasteiger partial charge in [-0.15, -0.1) is 0 Å². The Morgan fingerprint density at radius 3 is 3.06 bits per heavy atom. The van der Waals surface area contributed by atoms with Crippen LogP contribution in [0.15, 0.2) is 12.3 Å². The molecule has 4 N–H and O–H groups in total. The molecule has 0 spiro atoms. The van der Waals surface area contributed by atoms with Crippen molar-refractivity contribution in [3.05, 3.63) is 12.3 Å². The van der Waals surface area contributed by atoms with E-state index in [0.29, 0.717) is 12.0 Å². The number of aromatic nitrogens is 2. The molecule has 1 aliphatic rings. The average molecular weight is 223 g/mol. The van der Waals surface area contributed by atoms with Crippen molar-refractivity contribution in [2.45, 2.75) is 19.4 Å². The summed E-state index contributed by atoms with van der Waals surface area (Å²) < 4.78 is 2.07. The molecule has 2 heterocycles. The van der Waals surface area contributed by atoms with E-state index >= 15 is 0 Å². The van der Waals surface area contributed by atoms with E-state index in [0.717, 1.165) is 38.4 Å². The zero-order valence-corrected chi connectivity index (χ0v) is 9.82. The van der Waals surface area contributed by atoms with Crippen molar-refractivity contribution in [1.82, 2.24) is 15.1 Å². The first-order valence-electron chi connectivity index (χ1n) is 6.03. The zero-order chi connectivity index (χ0) is 11.4. The molecule has 5 heteroatoms. The molecule has 0 aliphatic carbocycles. The van der Waals surface area contributed by atoms with Gasteiger partial charge in [-0.1, -0.05) is 13.3 Å². The first-order valence-corrected chi connectivity index (χ1v) is 6.03. The number of anilines is 1. The van der Waals surface area contributed by atoms with E-state index in [9.17, 15) is 0 Å². The normalized spacial score (nSPS) is 18.1. The van der Waals surface area contributed by atoms with Crippen LogP contribution in [-0.4, -0.2) is 36.0 Å². The van der Waals surface area contributed by atoms with Crippen LogP contribution in [0.25, 0.3) is 0 Å². The number of nitrogens with two attached hydrogens (primary N) is 1. The predicted octanol–water partition coefficient (Wildman–Crippen LogP) is 0.424. The van der Waals surface area contributed by atoms with Gasteiger partial charge in [-0.25, -0.2) is 4.68 Å². The third kappa shape index (κ3) is 2.36. The Labute approximate surface area is 96.4 Å². The topological polar surface area (TPSA) is 67.9 Å². The van der Waals surface area contributed by atoms with Gasteiger partial charge in [0.1, 0.15) is 5.82 Å². The minimum atomic E-state index is 0.510. The summed E-state index contributed by atoms with van der Waals surface area (Å²) in [6.07, 6.45) is 2.96. The van der Waals surface area contributed by atoms with Crippen LogP contribution in [0.3, 0.4) is 0 Å². The standard InChI is InChI=1S/C11H21N5/c1-2-9(5-12)6-14-11-3-4-15-16(11)10-7-13-8-10/h3-4,9-10,13-14H,2,5-8,12H2,1H3. The van der Waals surface area contributed by atoms with Gasteiger partial charge in [-0.05, 0) is 12.5 Å². The van der Waals surface area contributed by atoms with Crippen molar-refractivity contribution in [3.8, 4) is 0 Å². The summed E-state index contributed by atoms with van der Waals surface area (Å²) in [4.78, 5) is 0. The molecule has 0 saturated carbocycles. The van der Waals surface area contributed by atoms with E-state index in [-0.39, 0.29) is 0 Å². The van der Waals surface area contributed by atoms with Gasteiger partial charge in [-0.2, -0.15) is 5.10 Å². The molecule has 2 rings (SSSR count). The maximum Gasteiger partial charge on any atom is 0.124 e. The van der Waals surface area contributed by atoms with Crippen LogP contribution >= 0.6 is 0 Å². The maximum absolute atomic E-state index is 5.69. The van der Waals surface area contributed by atoms with E-state index in [1.165, 1.54) is 0 Å². The van der Waals surface area contributed by atoms with Crippen LogP contribution in [0.5, 0.6) is 0 Å². The minimum Gasteiger partial charge on any atom is -0.370 e. The van der Waals surface area contributed by atoms with Crippen LogP contribution < -0.4 is 16.4 Å². The molecule has 0 bridgehead atoms. The average Bonchev–Trinajstić information content (AvgIpc) is 2.65. The van der Waals surface area contributed by atoms with Crippen molar-refractivity contribution in [3.63, 3.8) is 0 Å². The molecule has 1 saturated heterocycles. The van der Waals surface area contributed by atoms with Crippen LogP contribution in [0, 0.1) is 5.92 Å². The molecule has 1 aromatic rings. The molecule has 0 amide bonds. The third-order valence-corrected chi connectivity index (χ3v) is 3.26. The molecular formula is C11H21N5. The number of nitrogens with one attached hydrogen (secondary N) is 2. The summed E-state index contributed by atoms with van der Waals surface area (Å²) in [6, 6.07) is 2.54. The minimum absolute atomic E-state index is 0.510. The van der Waals surface area contributed by atoms with Crippen LogP contribution in [0.2, 0.25) is 0 Å². The molecule has 1 aromatic heterocycles. The van der Waals surface area contributed by atoms with Gasteiger partial charge in [-0.3, -0.25) is 0 Å². The quantitative estimate of drug-likeness (QED) is 0.654. The monoisotopic (exact) mass is 223 g/mol. The van der Waals surface area contributed by atoms with Gasteiger partial charge in [0.05, 0.1) is 12.2 Å². The number of hydrogen-bond donors (Lipinski definition) is 3. The highest BCUT2D eigenvalue weighted by molar-refractivity contribution is 5.34. The molecule has 16 heavy (non-hydrogen) atoms.